The molecule has 1 fully saturated rings. The highest BCUT2D eigenvalue weighted by Crippen LogP contribution is 2.32. The summed E-state index contributed by atoms with van der Waals surface area (Å²) in [7, 11) is 0. The molecule has 0 bridgehead atoms. The first-order valence-corrected chi connectivity index (χ1v) is 8.54. The predicted molar refractivity (Wildman–Crippen MR) is 87.1 cm³/mol. The molecule has 23 heavy (non-hydrogen) atoms. The summed E-state index contributed by atoms with van der Waals surface area (Å²) in [6.45, 7) is 1.24. The van der Waals surface area contributed by atoms with Crippen molar-refractivity contribution in [2.75, 3.05) is 13.1 Å². The van der Waals surface area contributed by atoms with Gasteiger partial charge in [0.1, 0.15) is 6.54 Å². The number of amides is 1. The second-order valence-corrected chi connectivity index (χ2v) is 6.69. The number of hydrogen-bond donors (Lipinski definition) is 1. The van der Waals surface area contributed by atoms with E-state index in [4.69, 9.17) is 0 Å². The molecule has 0 aliphatic carbocycles. The van der Waals surface area contributed by atoms with Gasteiger partial charge in [0.15, 0.2) is 0 Å². The Hall–Kier alpha value is -1.99. The maximum atomic E-state index is 12.3. The SMILES string of the molecule is O=C(Cn1cccnc1=O)N1CCC(C(O)c2cccs2)CC1. The first-order valence-electron chi connectivity index (χ1n) is 7.66. The predicted octanol–water partition coefficient (Wildman–Crippen LogP) is 1.28. The van der Waals surface area contributed by atoms with E-state index in [0.29, 0.717) is 13.1 Å². The molecule has 122 valence electrons. The zero-order chi connectivity index (χ0) is 16.2. The van der Waals surface area contributed by atoms with E-state index in [0.717, 1.165) is 17.7 Å². The quantitative estimate of drug-likeness (QED) is 0.914. The Morgan fingerprint density at radius 3 is 2.83 bits per heavy atom. The molecular formula is C16H19N3O3S. The molecule has 6 nitrogen and oxygen atoms in total. The number of aliphatic hydroxyl groups excluding tert-OH is 1. The van der Waals surface area contributed by atoms with Crippen LogP contribution < -0.4 is 5.69 Å². The van der Waals surface area contributed by atoms with Crippen molar-refractivity contribution in [1.82, 2.24) is 14.5 Å². The van der Waals surface area contributed by atoms with Crippen molar-refractivity contribution in [3.8, 4) is 0 Å². The van der Waals surface area contributed by atoms with Gasteiger partial charge in [-0.05, 0) is 36.3 Å². The lowest BCUT2D eigenvalue weighted by molar-refractivity contribution is -0.133. The molecule has 1 aliphatic rings. The molecule has 2 aromatic rings. The summed E-state index contributed by atoms with van der Waals surface area (Å²) in [5.74, 6) is 0.1000. The van der Waals surface area contributed by atoms with Gasteiger partial charge in [0, 0.05) is 30.4 Å². The van der Waals surface area contributed by atoms with E-state index in [1.54, 1.807) is 28.5 Å². The van der Waals surface area contributed by atoms with Crippen LogP contribution in [0.25, 0.3) is 0 Å². The molecule has 3 heterocycles. The smallest absolute Gasteiger partial charge is 0.347 e. The number of rotatable bonds is 4. The Kier molecular flexibility index (Phi) is 4.88. The molecule has 0 aromatic carbocycles. The average Bonchev–Trinajstić information content (AvgIpc) is 3.11. The number of aromatic nitrogens is 2. The van der Waals surface area contributed by atoms with Gasteiger partial charge < -0.3 is 10.0 Å². The van der Waals surface area contributed by atoms with E-state index in [2.05, 4.69) is 4.98 Å². The lowest BCUT2D eigenvalue weighted by Gasteiger charge is -2.34. The second kappa shape index (κ2) is 7.06. The minimum Gasteiger partial charge on any atom is -0.387 e. The fourth-order valence-corrected chi connectivity index (χ4v) is 3.71. The lowest BCUT2D eigenvalue weighted by Crippen LogP contribution is -2.42. The van der Waals surface area contributed by atoms with Gasteiger partial charge in [0.05, 0.1) is 6.10 Å². The zero-order valence-electron chi connectivity index (χ0n) is 12.7. The molecule has 1 atom stereocenters. The topological polar surface area (TPSA) is 75.4 Å². The number of carbonyl (C=O) groups excluding carboxylic acids is 1. The van der Waals surface area contributed by atoms with Crippen LogP contribution >= 0.6 is 11.3 Å². The normalized spacial score (nSPS) is 17.2. The van der Waals surface area contributed by atoms with Crippen LogP contribution in [0, 0.1) is 5.92 Å². The molecule has 1 N–H and O–H groups in total. The third-order valence-electron chi connectivity index (χ3n) is 4.26. The van der Waals surface area contributed by atoms with Crippen LogP contribution in [-0.4, -0.2) is 38.6 Å². The molecule has 1 amide bonds. The molecule has 0 spiro atoms. The third-order valence-corrected chi connectivity index (χ3v) is 5.20. The first-order chi connectivity index (χ1) is 11.1. The molecule has 7 heteroatoms. The van der Waals surface area contributed by atoms with Crippen LogP contribution in [0.4, 0.5) is 0 Å². The molecule has 1 saturated heterocycles. The van der Waals surface area contributed by atoms with E-state index in [1.807, 2.05) is 17.5 Å². The summed E-state index contributed by atoms with van der Waals surface area (Å²) in [4.78, 5) is 30.3. The van der Waals surface area contributed by atoms with Crippen LogP contribution in [0.2, 0.25) is 0 Å². The van der Waals surface area contributed by atoms with E-state index < -0.39 is 11.8 Å². The van der Waals surface area contributed by atoms with Gasteiger partial charge in [0.2, 0.25) is 5.91 Å². The van der Waals surface area contributed by atoms with Crippen molar-refractivity contribution >= 4 is 17.2 Å². The van der Waals surface area contributed by atoms with Crippen molar-refractivity contribution < 1.29 is 9.90 Å². The summed E-state index contributed by atoms with van der Waals surface area (Å²) in [5.41, 5.74) is -0.413. The molecule has 3 rings (SSSR count). The van der Waals surface area contributed by atoms with Crippen LogP contribution in [0.15, 0.2) is 40.8 Å². The molecule has 2 aromatic heterocycles. The van der Waals surface area contributed by atoms with Crippen LogP contribution in [0.5, 0.6) is 0 Å². The number of likely N-dealkylation sites (tertiary alicyclic amines) is 1. The van der Waals surface area contributed by atoms with Crippen LogP contribution in [0.3, 0.4) is 0 Å². The van der Waals surface area contributed by atoms with Gasteiger partial charge in [-0.25, -0.2) is 9.78 Å². The second-order valence-electron chi connectivity index (χ2n) is 5.71. The summed E-state index contributed by atoms with van der Waals surface area (Å²) in [5, 5.41) is 12.3. The van der Waals surface area contributed by atoms with E-state index in [9.17, 15) is 14.7 Å². The Morgan fingerprint density at radius 2 is 2.17 bits per heavy atom. The van der Waals surface area contributed by atoms with E-state index in [-0.39, 0.29) is 18.4 Å². The van der Waals surface area contributed by atoms with Gasteiger partial charge in [-0.2, -0.15) is 0 Å². The summed E-state index contributed by atoms with van der Waals surface area (Å²) < 4.78 is 1.31. The van der Waals surface area contributed by atoms with E-state index >= 15 is 0 Å². The maximum absolute atomic E-state index is 12.3. The van der Waals surface area contributed by atoms with Gasteiger partial charge in [0.25, 0.3) is 0 Å². The molecular weight excluding hydrogens is 314 g/mol. The first kappa shape index (κ1) is 15.9. The highest BCUT2D eigenvalue weighted by molar-refractivity contribution is 7.10. The van der Waals surface area contributed by atoms with Crippen molar-refractivity contribution in [2.24, 2.45) is 5.92 Å². The van der Waals surface area contributed by atoms with Gasteiger partial charge >= 0.3 is 5.69 Å². The molecule has 0 radical (unpaired) electrons. The Bertz CT molecular complexity index is 705. The number of carbonyl (C=O) groups is 1. The summed E-state index contributed by atoms with van der Waals surface area (Å²) >= 11 is 1.56. The highest BCUT2D eigenvalue weighted by Gasteiger charge is 2.28. The number of aliphatic hydroxyl groups is 1. The van der Waals surface area contributed by atoms with Crippen LogP contribution in [0.1, 0.15) is 23.8 Å². The molecule has 1 unspecified atom stereocenters. The van der Waals surface area contributed by atoms with Gasteiger partial charge in [-0.3, -0.25) is 9.36 Å². The van der Waals surface area contributed by atoms with Crippen molar-refractivity contribution in [3.63, 3.8) is 0 Å². The largest absolute Gasteiger partial charge is 0.387 e. The van der Waals surface area contributed by atoms with Crippen molar-refractivity contribution in [1.29, 1.82) is 0 Å². The monoisotopic (exact) mass is 333 g/mol. The van der Waals surface area contributed by atoms with Crippen molar-refractivity contribution in [3.05, 3.63) is 51.3 Å². The highest BCUT2D eigenvalue weighted by atomic mass is 32.1. The van der Waals surface area contributed by atoms with Gasteiger partial charge in [-0.1, -0.05) is 6.07 Å². The fourth-order valence-electron chi connectivity index (χ4n) is 2.91. The number of nitrogens with zero attached hydrogens (tertiary/aromatic N) is 3. The summed E-state index contributed by atoms with van der Waals surface area (Å²) in [6.07, 6.45) is 4.08. The lowest BCUT2D eigenvalue weighted by atomic mass is 9.90. The van der Waals surface area contributed by atoms with Crippen molar-refractivity contribution in [2.45, 2.75) is 25.5 Å². The minimum absolute atomic E-state index is 0.0187. The van der Waals surface area contributed by atoms with Gasteiger partial charge in [-0.15, -0.1) is 11.3 Å². The Balaban J connectivity index is 1.55. The maximum Gasteiger partial charge on any atom is 0.347 e. The zero-order valence-corrected chi connectivity index (χ0v) is 13.5. The standard InChI is InChI=1S/C16H19N3O3S/c20-14(11-19-7-2-6-17-16(19)22)18-8-4-12(5-9-18)15(21)13-3-1-10-23-13/h1-3,6-7,10,12,15,21H,4-5,8-9,11H2. The number of thiophene rings is 1. The fraction of sp³-hybridized carbons (Fsp3) is 0.438. The molecule has 1 aliphatic heterocycles. The molecule has 0 saturated carbocycles. The number of piperidine rings is 1. The Labute approximate surface area is 138 Å². The average molecular weight is 333 g/mol. The summed E-state index contributed by atoms with van der Waals surface area (Å²) in [6, 6.07) is 5.52. The third kappa shape index (κ3) is 3.68. The number of hydrogen-bond acceptors (Lipinski definition) is 5. The van der Waals surface area contributed by atoms with Crippen LogP contribution in [-0.2, 0) is 11.3 Å². The van der Waals surface area contributed by atoms with E-state index in [1.165, 1.54) is 10.8 Å². The minimum atomic E-state index is -0.451. The Morgan fingerprint density at radius 1 is 1.39 bits per heavy atom.